The maximum Gasteiger partial charge on any atom is 0.0558 e. The van der Waals surface area contributed by atoms with Crippen LogP contribution in [0.3, 0.4) is 0 Å². The van der Waals surface area contributed by atoms with Crippen molar-refractivity contribution in [1.82, 2.24) is 4.90 Å². The molecule has 2 atom stereocenters. The predicted octanol–water partition coefficient (Wildman–Crippen LogP) is 3.28. The first-order valence-electron chi connectivity index (χ1n) is 8.49. The lowest BCUT2D eigenvalue weighted by atomic mass is 10.2. The predicted molar refractivity (Wildman–Crippen MR) is 105 cm³/mol. The molecule has 2 unspecified atom stereocenters. The highest BCUT2D eigenvalue weighted by molar-refractivity contribution is 8.34. The van der Waals surface area contributed by atoms with Crippen LogP contribution in [-0.4, -0.2) is 61.8 Å². The van der Waals surface area contributed by atoms with Crippen molar-refractivity contribution in [2.24, 2.45) is 0 Å². The minimum Gasteiger partial charge on any atom is -0.395 e. The lowest BCUT2D eigenvalue weighted by Gasteiger charge is -2.51. The fraction of sp³-hybridized carbons (Fsp3) is 0.400. The summed E-state index contributed by atoms with van der Waals surface area (Å²) in [5.41, 5.74) is 1.34. The molecule has 4 heteroatoms. The average molecular weight is 345 g/mol. The van der Waals surface area contributed by atoms with E-state index in [4.69, 9.17) is 0 Å². The van der Waals surface area contributed by atoms with Gasteiger partial charge in [0.05, 0.1) is 6.61 Å². The van der Waals surface area contributed by atoms with Gasteiger partial charge in [-0.3, -0.25) is 0 Å². The summed E-state index contributed by atoms with van der Waals surface area (Å²) in [6, 6.07) is 19.5. The first-order valence-corrected chi connectivity index (χ1v) is 10.6. The van der Waals surface area contributed by atoms with Gasteiger partial charge < -0.3 is 14.9 Å². The molecule has 2 aromatic rings. The molecule has 3 nitrogen and oxygen atoms in total. The average Bonchev–Trinajstić information content (AvgIpc) is 2.62. The highest BCUT2D eigenvalue weighted by Gasteiger charge is 2.39. The standard InChI is InChI=1S/C20H28N2OS/c1-21(2)13-14-22-15-18(16-23)24(3,17-9-5-4-6-10-17)20-12-8-7-11-19(20)22/h4-12,18,23H,13-16H2,1-3H3. The Bertz CT molecular complexity index is 676. The number of rotatable bonds is 5. The van der Waals surface area contributed by atoms with Crippen molar-refractivity contribution in [3.63, 3.8) is 0 Å². The van der Waals surface area contributed by atoms with Gasteiger partial charge in [-0.2, -0.15) is 10.0 Å². The van der Waals surface area contributed by atoms with Crippen LogP contribution in [0.5, 0.6) is 0 Å². The Labute approximate surface area is 147 Å². The Morgan fingerprint density at radius 3 is 2.42 bits per heavy atom. The SMILES string of the molecule is CN(C)CCN1CC(CO)S(C)(c2ccccc2)c2ccccc21. The van der Waals surface area contributed by atoms with Crippen molar-refractivity contribution in [3.05, 3.63) is 54.6 Å². The van der Waals surface area contributed by atoms with Crippen molar-refractivity contribution < 1.29 is 5.11 Å². The van der Waals surface area contributed by atoms with Gasteiger partial charge in [0.15, 0.2) is 0 Å². The summed E-state index contributed by atoms with van der Waals surface area (Å²) in [5, 5.41) is 10.5. The van der Waals surface area contributed by atoms with E-state index in [1.165, 1.54) is 15.5 Å². The minimum atomic E-state index is -1.25. The number of hydrogen-bond acceptors (Lipinski definition) is 3. The van der Waals surface area contributed by atoms with Crippen molar-refractivity contribution in [2.45, 2.75) is 15.0 Å². The third-order valence-electron chi connectivity index (χ3n) is 5.01. The number of para-hydroxylation sites is 1. The van der Waals surface area contributed by atoms with E-state index < -0.39 is 10.0 Å². The molecule has 3 rings (SSSR count). The summed E-state index contributed by atoms with van der Waals surface area (Å²) in [7, 11) is 2.97. The maximum absolute atomic E-state index is 10.2. The number of nitrogens with zero attached hydrogens (tertiary/aromatic N) is 2. The summed E-state index contributed by atoms with van der Waals surface area (Å²) in [6.07, 6.45) is 2.37. The molecule has 1 aliphatic rings. The molecule has 0 amide bonds. The Hall–Kier alpha value is -1.49. The van der Waals surface area contributed by atoms with Crippen LogP contribution in [0.2, 0.25) is 0 Å². The van der Waals surface area contributed by atoms with E-state index >= 15 is 0 Å². The van der Waals surface area contributed by atoms with Crippen molar-refractivity contribution in [1.29, 1.82) is 0 Å². The second-order valence-corrected chi connectivity index (χ2v) is 10.4. The summed E-state index contributed by atoms with van der Waals surface area (Å²) in [6.45, 7) is 3.16. The molecule has 0 bridgehead atoms. The van der Waals surface area contributed by atoms with Gasteiger partial charge in [0.2, 0.25) is 0 Å². The van der Waals surface area contributed by atoms with E-state index in [2.05, 4.69) is 84.7 Å². The van der Waals surface area contributed by atoms with Crippen LogP contribution in [0.25, 0.3) is 0 Å². The van der Waals surface area contributed by atoms with Gasteiger partial charge in [-0.25, -0.2) is 0 Å². The number of likely N-dealkylation sites (N-methyl/N-ethyl adjacent to an activating group) is 1. The van der Waals surface area contributed by atoms with E-state index in [0.29, 0.717) is 0 Å². The number of aliphatic hydroxyl groups excluding tert-OH is 1. The molecule has 2 aromatic carbocycles. The van der Waals surface area contributed by atoms with Crippen molar-refractivity contribution in [3.8, 4) is 0 Å². The summed E-state index contributed by atoms with van der Waals surface area (Å²) < 4.78 is 0. The number of hydrogen-bond donors (Lipinski definition) is 1. The largest absolute Gasteiger partial charge is 0.395 e. The van der Waals surface area contributed by atoms with Crippen LogP contribution in [0.1, 0.15) is 0 Å². The van der Waals surface area contributed by atoms with Crippen molar-refractivity contribution >= 4 is 15.7 Å². The summed E-state index contributed by atoms with van der Waals surface area (Å²) in [4.78, 5) is 7.44. The molecule has 0 saturated carbocycles. The number of fused-ring (bicyclic) bond motifs is 1. The van der Waals surface area contributed by atoms with Gasteiger partial charge >= 0.3 is 0 Å². The molecule has 1 heterocycles. The third-order valence-corrected chi connectivity index (χ3v) is 9.15. The Kier molecular flexibility index (Phi) is 5.18. The molecule has 0 radical (unpaired) electrons. The highest BCUT2D eigenvalue weighted by atomic mass is 32.3. The Morgan fingerprint density at radius 1 is 1.08 bits per heavy atom. The van der Waals surface area contributed by atoms with E-state index in [0.717, 1.165) is 19.6 Å². The smallest absolute Gasteiger partial charge is 0.0558 e. The molecule has 130 valence electrons. The Morgan fingerprint density at radius 2 is 1.75 bits per heavy atom. The second-order valence-electron chi connectivity index (χ2n) is 6.82. The molecule has 0 spiro atoms. The zero-order chi connectivity index (χ0) is 17.2. The fourth-order valence-electron chi connectivity index (χ4n) is 3.51. The van der Waals surface area contributed by atoms with Gasteiger partial charge in [-0.15, -0.1) is 0 Å². The van der Waals surface area contributed by atoms with E-state index in [9.17, 15) is 5.11 Å². The lowest BCUT2D eigenvalue weighted by Crippen LogP contribution is -2.44. The zero-order valence-electron chi connectivity index (χ0n) is 14.9. The molecular weight excluding hydrogens is 316 g/mol. The van der Waals surface area contributed by atoms with Crippen LogP contribution in [-0.2, 0) is 0 Å². The number of benzene rings is 2. The van der Waals surface area contributed by atoms with Gasteiger partial charge in [0.25, 0.3) is 0 Å². The maximum atomic E-state index is 10.2. The normalized spacial score (nSPS) is 26.0. The summed E-state index contributed by atoms with van der Waals surface area (Å²) >= 11 is 0. The van der Waals surface area contributed by atoms with Crippen LogP contribution in [0, 0.1) is 0 Å². The third kappa shape index (κ3) is 3.06. The van der Waals surface area contributed by atoms with Crippen LogP contribution in [0.15, 0.2) is 64.4 Å². The van der Waals surface area contributed by atoms with Gasteiger partial charge in [-0.05, 0) is 49.5 Å². The molecule has 24 heavy (non-hydrogen) atoms. The zero-order valence-corrected chi connectivity index (χ0v) is 15.7. The number of anilines is 1. The molecule has 0 fully saturated rings. The van der Waals surface area contributed by atoms with E-state index in [1.54, 1.807) is 0 Å². The highest BCUT2D eigenvalue weighted by Crippen LogP contribution is 2.67. The van der Waals surface area contributed by atoms with E-state index in [-0.39, 0.29) is 11.9 Å². The fourth-order valence-corrected chi connectivity index (χ4v) is 7.00. The monoisotopic (exact) mass is 344 g/mol. The summed E-state index contributed by atoms with van der Waals surface area (Å²) in [5.74, 6) is 0. The molecule has 0 aliphatic carbocycles. The molecule has 0 aromatic heterocycles. The first kappa shape index (κ1) is 17.3. The molecule has 1 aliphatic heterocycles. The van der Waals surface area contributed by atoms with Gasteiger partial charge in [0, 0.05) is 35.5 Å². The van der Waals surface area contributed by atoms with Gasteiger partial charge in [-0.1, -0.05) is 30.3 Å². The van der Waals surface area contributed by atoms with Crippen LogP contribution < -0.4 is 4.90 Å². The first-order chi connectivity index (χ1) is 11.6. The van der Waals surface area contributed by atoms with E-state index in [1.807, 2.05) is 0 Å². The lowest BCUT2D eigenvalue weighted by molar-refractivity contribution is 0.291. The number of aliphatic hydroxyl groups is 1. The minimum absolute atomic E-state index is 0.230. The van der Waals surface area contributed by atoms with Crippen LogP contribution >= 0.6 is 10.0 Å². The van der Waals surface area contributed by atoms with Gasteiger partial charge in [0.1, 0.15) is 0 Å². The molecule has 0 saturated heterocycles. The Balaban J connectivity index is 2.07. The van der Waals surface area contributed by atoms with Crippen molar-refractivity contribution in [2.75, 3.05) is 51.5 Å². The molecular formula is C20H28N2OS. The quantitative estimate of drug-likeness (QED) is 0.902. The topological polar surface area (TPSA) is 26.7 Å². The second kappa shape index (κ2) is 7.18. The van der Waals surface area contributed by atoms with Crippen LogP contribution in [0.4, 0.5) is 5.69 Å². The molecule has 1 N–H and O–H groups in total.